The monoisotopic (exact) mass is 213 g/mol. The standard InChI is InChI=1S/C13H11NS/c15-13-6-3-4-10-11(13)7-9-14-8-2-1-5-12(10)14/h1-7,9,15H,8H2. The first-order chi connectivity index (χ1) is 7.36. The third kappa shape index (κ3) is 1.33. The first-order valence-corrected chi connectivity index (χ1v) is 5.45. The second-order valence-corrected chi connectivity index (χ2v) is 4.17. The van der Waals surface area contributed by atoms with E-state index >= 15 is 0 Å². The van der Waals surface area contributed by atoms with Crippen LogP contribution in [0.1, 0.15) is 11.1 Å². The van der Waals surface area contributed by atoms with Crippen LogP contribution in [0.5, 0.6) is 0 Å². The summed E-state index contributed by atoms with van der Waals surface area (Å²) in [4.78, 5) is 3.29. The van der Waals surface area contributed by atoms with Crippen LogP contribution in [0.2, 0.25) is 0 Å². The Bertz CT molecular complexity index is 497. The Morgan fingerprint density at radius 1 is 1.27 bits per heavy atom. The highest BCUT2D eigenvalue weighted by molar-refractivity contribution is 7.80. The summed E-state index contributed by atoms with van der Waals surface area (Å²) in [7, 11) is 0. The van der Waals surface area contributed by atoms with E-state index < -0.39 is 0 Å². The van der Waals surface area contributed by atoms with Gasteiger partial charge in [-0.25, -0.2) is 0 Å². The van der Waals surface area contributed by atoms with Gasteiger partial charge >= 0.3 is 0 Å². The van der Waals surface area contributed by atoms with Gasteiger partial charge in [0.05, 0.1) is 0 Å². The Morgan fingerprint density at radius 3 is 3.13 bits per heavy atom. The molecule has 1 nitrogen and oxygen atoms in total. The molecule has 0 aliphatic carbocycles. The minimum Gasteiger partial charge on any atom is -0.344 e. The van der Waals surface area contributed by atoms with E-state index in [1.54, 1.807) is 0 Å². The van der Waals surface area contributed by atoms with E-state index in [9.17, 15) is 0 Å². The van der Waals surface area contributed by atoms with E-state index in [0.29, 0.717) is 0 Å². The molecule has 0 aromatic heterocycles. The molecule has 2 aliphatic heterocycles. The van der Waals surface area contributed by atoms with Crippen LogP contribution in [0.15, 0.2) is 47.5 Å². The fourth-order valence-corrected chi connectivity index (χ4v) is 2.31. The number of nitrogens with zero attached hydrogens (tertiary/aromatic N) is 1. The van der Waals surface area contributed by atoms with Crippen molar-refractivity contribution in [3.63, 3.8) is 0 Å². The maximum atomic E-state index is 4.48. The molecule has 0 saturated heterocycles. The third-order valence-electron chi connectivity index (χ3n) is 2.78. The lowest BCUT2D eigenvalue weighted by atomic mass is 9.99. The molecule has 0 radical (unpaired) electrons. The zero-order chi connectivity index (χ0) is 10.3. The van der Waals surface area contributed by atoms with Gasteiger partial charge in [0.1, 0.15) is 0 Å². The van der Waals surface area contributed by atoms with Gasteiger partial charge in [0.25, 0.3) is 0 Å². The van der Waals surface area contributed by atoms with Crippen LogP contribution < -0.4 is 0 Å². The van der Waals surface area contributed by atoms with Gasteiger partial charge in [0.15, 0.2) is 0 Å². The second-order valence-electron chi connectivity index (χ2n) is 3.69. The van der Waals surface area contributed by atoms with E-state index in [2.05, 4.69) is 60.2 Å². The lowest BCUT2D eigenvalue weighted by Crippen LogP contribution is -2.20. The molecule has 1 aromatic rings. The summed E-state index contributed by atoms with van der Waals surface area (Å²) in [5, 5.41) is 0. The molecule has 0 fully saturated rings. The van der Waals surface area contributed by atoms with Gasteiger partial charge in [-0.2, -0.15) is 0 Å². The van der Waals surface area contributed by atoms with Crippen molar-refractivity contribution in [2.24, 2.45) is 0 Å². The summed E-state index contributed by atoms with van der Waals surface area (Å²) >= 11 is 4.48. The minimum atomic E-state index is 0.957. The largest absolute Gasteiger partial charge is 0.344 e. The molecule has 74 valence electrons. The van der Waals surface area contributed by atoms with E-state index in [-0.39, 0.29) is 0 Å². The maximum Gasteiger partial charge on any atom is 0.0489 e. The molecule has 2 aliphatic rings. The van der Waals surface area contributed by atoms with Crippen LogP contribution in [0.25, 0.3) is 11.8 Å². The third-order valence-corrected chi connectivity index (χ3v) is 3.17. The Hall–Kier alpha value is -1.41. The Morgan fingerprint density at radius 2 is 2.20 bits per heavy atom. The lowest BCUT2D eigenvalue weighted by molar-refractivity contribution is 0.586. The normalized spacial score (nSPS) is 17.1. The average molecular weight is 213 g/mol. The number of rotatable bonds is 0. The molecule has 1 aromatic carbocycles. The summed E-state index contributed by atoms with van der Waals surface area (Å²) in [6.07, 6.45) is 10.7. The van der Waals surface area contributed by atoms with Gasteiger partial charge in [-0.1, -0.05) is 24.3 Å². The first kappa shape index (κ1) is 8.86. The maximum absolute atomic E-state index is 4.48. The summed E-state index contributed by atoms with van der Waals surface area (Å²) in [5.74, 6) is 0. The highest BCUT2D eigenvalue weighted by Gasteiger charge is 2.18. The SMILES string of the molecule is Sc1cccc2c1C=CN1CC=CC=C21. The molecular formula is C13H11NS. The smallest absolute Gasteiger partial charge is 0.0489 e. The topological polar surface area (TPSA) is 3.24 Å². The Kier molecular flexibility index (Phi) is 1.96. The zero-order valence-electron chi connectivity index (χ0n) is 8.22. The predicted molar refractivity (Wildman–Crippen MR) is 66.6 cm³/mol. The lowest BCUT2D eigenvalue weighted by Gasteiger charge is -2.29. The van der Waals surface area contributed by atoms with Gasteiger partial charge in [-0.05, 0) is 23.8 Å². The van der Waals surface area contributed by atoms with Crippen LogP contribution >= 0.6 is 12.6 Å². The van der Waals surface area contributed by atoms with Gasteiger partial charge < -0.3 is 4.90 Å². The number of thiol groups is 1. The number of hydrogen-bond acceptors (Lipinski definition) is 2. The molecule has 15 heavy (non-hydrogen) atoms. The molecule has 0 amide bonds. The van der Waals surface area contributed by atoms with Gasteiger partial charge in [-0.15, -0.1) is 12.6 Å². The molecular weight excluding hydrogens is 202 g/mol. The molecule has 2 heteroatoms. The molecule has 0 unspecified atom stereocenters. The van der Waals surface area contributed by atoms with Crippen molar-refractivity contribution in [2.45, 2.75) is 4.90 Å². The number of benzene rings is 1. The second kappa shape index (κ2) is 3.31. The summed E-state index contributed by atoms with van der Waals surface area (Å²) in [5.41, 5.74) is 3.76. The predicted octanol–water partition coefficient (Wildman–Crippen LogP) is 3.17. The minimum absolute atomic E-state index is 0.957. The number of fused-ring (bicyclic) bond motifs is 3. The highest BCUT2D eigenvalue weighted by atomic mass is 32.1. The van der Waals surface area contributed by atoms with Crippen molar-refractivity contribution in [2.75, 3.05) is 6.54 Å². The van der Waals surface area contributed by atoms with Crippen molar-refractivity contribution in [3.05, 3.63) is 53.8 Å². The Labute approximate surface area is 94.8 Å². The van der Waals surface area contributed by atoms with Gasteiger partial charge in [0.2, 0.25) is 0 Å². The van der Waals surface area contributed by atoms with Crippen molar-refractivity contribution in [3.8, 4) is 0 Å². The van der Waals surface area contributed by atoms with Gasteiger partial charge in [-0.3, -0.25) is 0 Å². The van der Waals surface area contributed by atoms with E-state index in [1.165, 1.54) is 16.8 Å². The van der Waals surface area contributed by atoms with Crippen molar-refractivity contribution in [1.82, 2.24) is 4.90 Å². The molecule has 0 N–H and O–H groups in total. The van der Waals surface area contributed by atoms with Crippen LogP contribution in [0.4, 0.5) is 0 Å². The van der Waals surface area contributed by atoms with Crippen molar-refractivity contribution < 1.29 is 0 Å². The molecule has 0 saturated carbocycles. The van der Waals surface area contributed by atoms with E-state index in [4.69, 9.17) is 0 Å². The fraction of sp³-hybridized carbons (Fsp3) is 0.0769. The zero-order valence-corrected chi connectivity index (χ0v) is 9.11. The van der Waals surface area contributed by atoms with Gasteiger partial charge in [0, 0.05) is 28.9 Å². The summed E-state index contributed by atoms with van der Waals surface area (Å²) < 4.78 is 0. The highest BCUT2D eigenvalue weighted by Crippen LogP contribution is 2.33. The summed E-state index contributed by atoms with van der Waals surface area (Å²) in [6.45, 7) is 0.957. The van der Waals surface area contributed by atoms with Crippen LogP contribution in [0, 0.1) is 0 Å². The van der Waals surface area contributed by atoms with Crippen LogP contribution in [-0.4, -0.2) is 11.4 Å². The quantitative estimate of drug-likeness (QED) is 0.648. The number of allylic oxidation sites excluding steroid dienone is 2. The number of hydrogen-bond donors (Lipinski definition) is 1. The van der Waals surface area contributed by atoms with Crippen LogP contribution in [-0.2, 0) is 0 Å². The molecule has 3 rings (SSSR count). The molecule has 2 heterocycles. The molecule has 0 spiro atoms. The van der Waals surface area contributed by atoms with Crippen molar-refractivity contribution >= 4 is 24.4 Å². The molecule has 0 atom stereocenters. The van der Waals surface area contributed by atoms with E-state index in [1.807, 2.05) is 6.07 Å². The fourth-order valence-electron chi connectivity index (χ4n) is 2.03. The average Bonchev–Trinajstić information content (AvgIpc) is 2.29. The summed E-state index contributed by atoms with van der Waals surface area (Å²) in [6, 6.07) is 6.23. The molecule has 0 bridgehead atoms. The van der Waals surface area contributed by atoms with Crippen LogP contribution in [0.3, 0.4) is 0 Å². The van der Waals surface area contributed by atoms with Crippen molar-refractivity contribution in [1.29, 1.82) is 0 Å². The van der Waals surface area contributed by atoms with E-state index in [0.717, 1.165) is 11.4 Å². The Balaban J connectivity index is 2.24. The first-order valence-electron chi connectivity index (χ1n) is 5.00.